The topological polar surface area (TPSA) is 55.4 Å². The number of hydrogen-bond donors (Lipinski definition) is 1. The Balaban J connectivity index is 2.14. The van der Waals surface area contributed by atoms with E-state index in [9.17, 15) is 9.59 Å². The summed E-state index contributed by atoms with van der Waals surface area (Å²) in [7, 11) is 0. The van der Waals surface area contributed by atoms with Gasteiger partial charge in [-0.2, -0.15) is 0 Å². The lowest BCUT2D eigenvalue weighted by atomic mass is 9.73. The Morgan fingerprint density at radius 1 is 1.44 bits per heavy atom. The summed E-state index contributed by atoms with van der Waals surface area (Å²) < 4.78 is 5.85. The highest BCUT2D eigenvalue weighted by molar-refractivity contribution is 6.02. The van der Waals surface area contributed by atoms with Gasteiger partial charge in [-0.3, -0.25) is 9.59 Å². The maximum atomic E-state index is 12.1. The van der Waals surface area contributed by atoms with Gasteiger partial charge in [-0.05, 0) is 25.5 Å². The van der Waals surface area contributed by atoms with Gasteiger partial charge in [-0.1, -0.05) is 18.2 Å². The van der Waals surface area contributed by atoms with E-state index in [1.807, 2.05) is 31.2 Å². The molecule has 94 valence electrons. The molecule has 4 heteroatoms. The number of fused-ring (bicyclic) bond motifs is 4. The Bertz CT molecular complexity index is 540. The number of nitrogens with one attached hydrogen (secondary N) is 1. The summed E-state index contributed by atoms with van der Waals surface area (Å²) in [6, 6.07) is 7.63. The van der Waals surface area contributed by atoms with Crippen molar-refractivity contribution in [3.8, 4) is 5.75 Å². The highest BCUT2D eigenvalue weighted by Gasteiger charge is 2.50. The summed E-state index contributed by atoms with van der Waals surface area (Å²) >= 11 is 0. The standard InChI is InChI=1S/C14H15NO3/c1-8(16)12-10-7-14(2,15-13(12)17)18-11-6-4-3-5-9(10)11/h3-6,10,12H,7H2,1-2H3,(H,15,17)/t10-,12+,14+/m0/s1. The third-order valence-electron chi connectivity index (χ3n) is 3.77. The second-order valence-electron chi connectivity index (χ2n) is 5.26. The molecule has 0 radical (unpaired) electrons. The second kappa shape index (κ2) is 3.57. The van der Waals surface area contributed by atoms with E-state index in [0.29, 0.717) is 6.42 Å². The van der Waals surface area contributed by atoms with Crippen LogP contribution < -0.4 is 10.1 Å². The van der Waals surface area contributed by atoms with E-state index in [2.05, 4.69) is 5.32 Å². The summed E-state index contributed by atoms with van der Waals surface area (Å²) in [4.78, 5) is 23.8. The van der Waals surface area contributed by atoms with Crippen molar-refractivity contribution in [1.29, 1.82) is 0 Å². The van der Waals surface area contributed by atoms with E-state index in [-0.39, 0.29) is 17.6 Å². The molecule has 2 aliphatic heterocycles. The Morgan fingerprint density at radius 2 is 2.17 bits per heavy atom. The molecule has 1 saturated heterocycles. The Hall–Kier alpha value is -1.84. The maximum Gasteiger partial charge on any atom is 0.234 e. The minimum atomic E-state index is -0.692. The highest BCUT2D eigenvalue weighted by atomic mass is 16.5. The van der Waals surface area contributed by atoms with Crippen LogP contribution in [0.5, 0.6) is 5.75 Å². The molecule has 1 fully saturated rings. The van der Waals surface area contributed by atoms with E-state index in [4.69, 9.17) is 4.74 Å². The monoisotopic (exact) mass is 245 g/mol. The van der Waals surface area contributed by atoms with Gasteiger partial charge in [0.15, 0.2) is 5.72 Å². The zero-order valence-corrected chi connectivity index (χ0v) is 10.4. The quantitative estimate of drug-likeness (QED) is 0.765. The van der Waals surface area contributed by atoms with Gasteiger partial charge in [0.25, 0.3) is 0 Å². The number of ether oxygens (including phenoxy) is 1. The lowest BCUT2D eigenvalue weighted by molar-refractivity contribution is -0.145. The molecule has 1 aromatic carbocycles. The van der Waals surface area contributed by atoms with Crippen molar-refractivity contribution in [3.05, 3.63) is 29.8 Å². The molecule has 0 spiro atoms. The molecule has 0 aliphatic carbocycles. The molecule has 2 bridgehead atoms. The Kier molecular flexibility index (Phi) is 2.24. The molecule has 3 rings (SSSR count). The lowest BCUT2D eigenvalue weighted by Gasteiger charge is -2.46. The van der Waals surface area contributed by atoms with E-state index in [1.165, 1.54) is 6.92 Å². The zero-order valence-electron chi connectivity index (χ0n) is 10.4. The molecule has 0 unspecified atom stereocenters. The SMILES string of the molecule is CC(=O)[C@H]1C(=O)N[C@@]2(C)C[C@H]1c1ccccc1O2. The summed E-state index contributed by atoms with van der Waals surface area (Å²) in [6.45, 7) is 3.33. The van der Waals surface area contributed by atoms with E-state index in [1.54, 1.807) is 0 Å². The number of carbonyl (C=O) groups is 2. The fourth-order valence-electron chi connectivity index (χ4n) is 3.06. The maximum absolute atomic E-state index is 12.1. The van der Waals surface area contributed by atoms with Crippen molar-refractivity contribution >= 4 is 11.7 Å². The number of Topliss-reactive ketones (excluding diaryl/α,β-unsaturated/α-hetero) is 1. The van der Waals surface area contributed by atoms with Crippen molar-refractivity contribution < 1.29 is 14.3 Å². The predicted octanol–water partition coefficient (Wildman–Crippen LogP) is 1.60. The number of benzene rings is 1. The third-order valence-corrected chi connectivity index (χ3v) is 3.77. The van der Waals surface area contributed by atoms with Gasteiger partial charge in [0.2, 0.25) is 5.91 Å². The minimum Gasteiger partial charge on any atom is -0.468 e. The van der Waals surface area contributed by atoms with Gasteiger partial charge in [-0.25, -0.2) is 0 Å². The highest BCUT2D eigenvalue weighted by Crippen LogP contribution is 2.46. The number of ketones is 1. The van der Waals surface area contributed by atoms with Crippen LogP contribution in [0.25, 0.3) is 0 Å². The molecule has 0 saturated carbocycles. The van der Waals surface area contributed by atoms with Gasteiger partial charge in [0.05, 0.1) is 0 Å². The Morgan fingerprint density at radius 3 is 2.89 bits per heavy atom. The number of amides is 1. The molecular formula is C14H15NO3. The lowest BCUT2D eigenvalue weighted by Crippen LogP contribution is -2.61. The minimum absolute atomic E-state index is 0.0776. The summed E-state index contributed by atoms with van der Waals surface area (Å²) in [5.41, 5.74) is 0.271. The first-order valence-electron chi connectivity index (χ1n) is 6.11. The number of rotatable bonds is 1. The number of para-hydroxylation sites is 1. The van der Waals surface area contributed by atoms with Gasteiger partial charge in [-0.15, -0.1) is 0 Å². The number of hydrogen-bond acceptors (Lipinski definition) is 3. The largest absolute Gasteiger partial charge is 0.468 e. The predicted molar refractivity (Wildman–Crippen MR) is 65.1 cm³/mol. The van der Waals surface area contributed by atoms with E-state index in [0.717, 1.165) is 11.3 Å². The van der Waals surface area contributed by atoms with Crippen molar-refractivity contribution in [2.45, 2.75) is 31.9 Å². The summed E-state index contributed by atoms with van der Waals surface area (Å²) in [6.07, 6.45) is 0.639. The third kappa shape index (κ3) is 1.52. The Labute approximate surface area is 105 Å². The van der Waals surface area contributed by atoms with E-state index >= 15 is 0 Å². The van der Waals surface area contributed by atoms with Gasteiger partial charge < -0.3 is 10.1 Å². The summed E-state index contributed by atoms with van der Waals surface area (Å²) in [5, 5.41) is 2.81. The van der Waals surface area contributed by atoms with E-state index < -0.39 is 11.6 Å². The summed E-state index contributed by atoms with van der Waals surface area (Å²) in [5.74, 6) is -0.219. The van der Waals surface area contributed by atoms with Crippen LogP contribution in [0.2, 0.25) is 0 Å². The van der Waals surface area contributed by atoms with Crippen molar-refractivity contribution in [2.24, 2.45) is 5.92 Å². The smallest absolute Gasteiger partial charge is 0.234 e. The van der Waals surface area contributed by atoms with Crippen LogP contribution in [0.3, 0.4) is 0 Å². The average molecular weight is 245 g/mol. The van der Waals surface area contributed by atoms with Crippen molar-refractivity contribution in [3.63, 3.8) is 0 Å². The fourth-order valence-corrected chi connectivity index (χ4v) is 3.06. The van der Waals surface area contributed by atoms with Crippen LogP contribution >= 0.6 is 0 Å². The molecule has 1 amide bonds. The molecule has 1 N–H and O–H groups in total. The van der Waals surface area contributed by atoms with Crippen LogP contribution in [0, 0.1) is 5.92 Å². The first-order valence-corrected chi connectivity index (χ1v) is 6.11. The number of carbonyl (C=O) groups excluding carboxylic acids is 2. The van der Waals surface area contributed by atoms with Crippen LogP contribution in [-0.2, 0) is 9.59 Å². The van der Waals surface area contributed by atoms with Crippen molar-refractivity contribution in [1.82, 2.24) is 5.32 Å². The van der Waals surface area contributed by atoms with Crippen molar-refractivity contribution in [2.75, 3.05) is 0 Å². The zero-order chi connectivity index (χ0) is 12.9. The van der Waals surface area contributed by atoms with Gasteiger partial charge in [0, 0.05) is 12.3 Å². The molecule has 3 atom stereocenters. The first kappa shape index (κ1) is 11.3. The van der Waals surface area contributed by atoms with Crippen LogP contribution in [0.4, 0.5) is 0 Å². The second-order valence-corrected chi connectivity index (χ2v) is 5.26. The molecule has 4 nitrogen and oxygen atoms in total. The van der Waals surface area contributed by atoms with Crippen LogP contribution in [-0.4, -0.2) is 17.4 Å². The molecule has 2 heterocycles. The molecule has 2 aliphatic rings. The normalized spacial score (nSPS) is 33.1. The molecule has 18 heavy (non-hydrogen) atoms. The van der Waals surface area contributed by atoms with Gasteiger partial charge in [0.1, 0.15) is 17.5 Å². The average Bonchev–Trinajstić information content (AvgIpc) is 2.26. The molecule has 0 aromatic heterocycles. The van der Waals surface area contributed by atoms with Crippen LogP contribution in [0.1, 0.15) is 31.7 Å². The fraction of sp³-hybridized carbons (Fsp3) is 0.429. The first-order chi connectivity index (χ1) is 8.50. The molecular weight excluding hydrogens is 230 g/mol. The number of piperidine rings is 1. The van der Waals surface area contributed by atoms with Crippen LogP contribution in [0.15, 0.2) is 24.3 Å². The molecule has 1 aromatic rings. The van der Waals surface area contributed by atoms with Gasteiger partial charge >= 0.3 is 0 Å².